The maximum Gasteiger partial charge on any atom is 0.338 e. The van der Waals surface area contributed by atoms with Crippen LogP contribution in [0.1, 0.15) is 34.6 Å². The second-order valence-corrected chi connectivity index (χ2v) is 5.41. The van der Waals surface area contributed by atoms with E-state index < -0.39 is 5.97 Å². The first kappa shape index (κ1) is 11.5. The first-order chi connectivity index (χ1) is 6.43. The van der Waals surface area contributed by atoms with Crippen LogP contribution in [-0.2, 0) is 6.42 Å². The van der Waals surface area contributed by atoms with Gasteiger partial charge in [-0.1, -0.05) is 25.4 Å². The summed E-state index contributed by atoms with van der Waals surface area (Å²) in [5.74, 6) is -0.413. The third kappa shape index (κ3) is 2.28. The molecule has 1 N–H and O–H groups in total. The molecule has 0 aliphatic carbocycles. The Kier molecular flexibility index (Phi) is 3.56. The molecule has 0 radical (unpaired) electrons. The molecule has 0 amide bonds. The highest BCUT2D eigenvalue weighted by atomic mass is 35.5. The van der Waals surface area contributed by atoms with Gasteiger partial charge in [-0.25, -0.2) is 4.79 Å². The molecule has 0 saturated carbocycles. The first-order valence-corrected chi connectivity index (χ1v) is 5.64. The van der Waals surface area contributed by atoms with Crippen molar-refractivity contribution in [2.75, 3.05) is 0 Å². The van der Waals surface area contributed by atoms with E-state index >= 15 is 0 Å². The minimum atomic E-state index is -0.932. The Labute approximate surface area is 92.5 Å². The highest BCUT2D eigenvalue weighted by Crippen LogP contribution is 2.33. The van der Waals surface area contributed by atoms with Crippen LogP contribution in [0, 0.1) is 12.8 Å². The Morgan fingerprint density at radius 2 is 2.14 bits per heavy atom. The number of halogens is 1. The van der Waals surface area contributed by atoms with Crippen molar-refractivity contribution in [1.82, 2.24) is 0 Å². The van der Waals surface area contributed by atoms with Crippen LogP contribution in [0.15, 0.2) is 0 Å². The quantitative estimate of drug-likeness (QED) is 0.865. The van der Waals surface area contributed by atoms with Crippen molar-refractivity contribution in [3.63, 3.8) is 0 Å². The molecule has 4 heteroatoms. The van der Waals surface area contributed by atoms with E-state index in [0.717, 1.165) is 16.9 Å². The van der Waals surface area contributed by atoms with Crippen molar-refractivity contribution < 1.29 is 9.90 Å². The van der Waals surface area contributed by atoms with Crippen molar-refractivity contribution in [1.29, 1.82) is 0 Å². The van der Waals surface area contributed by atoms with Crippen LogP contribution >= 0.6 is 22.9 Å². The van der Waals surface area contributed by atoms with Crippen LogP contribution in [0.4, 0.5) is 0 Å². The number of rotatable bonds is 3. The Morgan fingerprint density at radius 3 is 2.50 bits per heavy atom. The van der Waals surface area contributed by atoms with Crippen LogP contribution < -0.4 is 0 Å². The molecule has 14 heavy (non-hydrogen) atoms. The molecule has 0 aliphatic rings. The molecule has 0 bridgehead atoms. The SMILES string of the molecule is Cc1c(CC(C)C)sc(Cl)c1C(=O)O. The van der Waals surface area contributed by atoms with Gasteiger partial charge in [-0.15, -0.1) is 11.3 Å². The first-order valence-electron chi connectivity index (χ1n) is 4.44. The predicted octanol–water partition coefficient (Wildman–Crippen LogP) is 3.61. The average molecular weight is 233 g/mol. The fraction of sp³-hybridized carbons (Fsp3) is 0.500. The molecule has 0 aromatic carbocycles. The van der Waals surface area contributed by atoms with Gasteiger partial charge in [0, 0.05) is 4.88 Å². The summed E-state index contributed by atoms with van der Waals surface area (Å²) in [5, 5.41) is 8.92. The van der Waals surface area contributed by atoms with E-state index in [0.29, 0.717) is 10.3 Å². The van der Waals surface area contributed by atoms with Crippen LogP contribution in [-0.4, -0.2) is 11.1 Å². The van der Waals surface area contributed by atoms with Gasteiger partial charge in [-0.05, 0) is 24.8 Å². The van der Waals surface area contributed by atoms with Crippen molar-refractivity contribution >= 4 is 28.9 Å². The van der Waals surface area contributed by atoms with Crippen LogP contribution in [0.5, 0.6) is 0 Å². The molecule has 2 nitrogen and oxygen atoms in total. The fourth-order valence-corrected chi connectivity index (χ4v) is 3.07. The smallest absolute Gasteiger partial charge is 0.338 e. The predicted molar refractivity (Wildman–Crippen MR) is 59.6 cm³/mol. The number of thiophene rings is 1. The van der Waals surface area contributed by atoms with Crippen molar-refractivity contribution in [3.8, 4) is 0 Å². The number of carboxylic acids is 1. The number of carbonyl (C=O) groups is 1. The average Bonchev–Trinajstić information content (AvgIpc) is 2.25. The van der Waals surface area contributed by atoms with E-state index in [1.54, 1.807) is 0 Å². The molecule has 1 rings (SSSR count). The Hall–Kier alpha value is -0.540. The van der Waals surface area contributed by atoms with E-state index in [2.05, 4.69) is 13.8 Å². The molecule has 1 aromatic heterocycles. The van der Waals surface area contributed by atoms with E-state index in [1.165, 1.54) is 11.3 Å². The van der Waals surface area contributed by atoms with E-state index in [1.807, 2.05) is 6.92 Å². The van der Waals surface area contributed by atoms with Gasteiger partial charge in [0.2, 0.25) is 0 Å². The minimum Gasteiger partial charge on any atom is -0.478 e. The van der Waals surface area contributed by atoms with Crippen LogP contribution in [0.25, 0.3) is 0 Å². The fourth-order valence-electron chi connectivity index (χ4n) is 1.33. The lowest BCUT2D eigenvalue weighted by atomic mass is 10.1. The number of carboxylic acid groups (broad SMARTS) is 1. The second-order valence-electron chi connectivity index (χ2n) is 3.70. The highest BCUT2D eigenvalue weighted by molar-refractivity contribution is 7.16. The zero-order chi connectivity index (χ0) is 10.9. The highest BCUT2D eigenvalue weighted by Gasteiger charge is 2.19. The number of aromatic carboxylic acids is 1. The van der Waals surface area contributed by atoms with Crippen molar-refractivity contribution in [2.24, 2.45) is 5.92 Å². The lowest BCUT2D eigenvalue weighted by Gasteiger charge is -2.02. The summed E-state index contributed by atoms with van der Waals surface area (Å²) in [6, 6.07) is 0. The lowest BCUT2D eigenvalue weighted by Crippen LogP contribution is -1.99. The van der Waals surface area contributed by atoms with Gasteiger partial charge in [0.25, 0.3) is 0 Å². The summed E-state index contributed by atoms with van der Waals surface area (Å²) in [6.07, 6.45) is 0.892. The van der Waals surface area contributed by atoms with Crippen molar-refractivity contribution in [3.05, 3.63) is 20.3 Å². The second kappa shape index (κ2) is 4.32. The lowest BCUT2D eigenvalue weighted by molar-refractivity contribution is 0.0697. The van der Waals surface area contributed by atoms with E-state index in [4.69, 9.17) is 16.7 Å². The molecule has 1 heterocycles. The van der Waals surface area contributed by atoms with E-state index in [-0.39, 0.29) is 5.56 Å². The standard InChI is InChI=1S/C10H13ClO2S/c1-5(2)4-7-6(3)8(10(12)13)9(11)14-7/h5H,4H2,1-3H3,(H,12,13). The molecular formula is C10H13ClO2S. The Bertz CT molecular complexity index is 355. The van der Waals surface area contributed by atoms with Gasteiger partial charge in [-0.3, -0.25) is 0 Å². The Morgan fingerprint density at radius 1 is 1.57 bits per heavy atom. The molecule has 0 saturated heterocycles. The van der Waals surface area contributed by atoms with Crippen LogP contribution in [0.3, 0.4) is 0 Å². The summed E-state index contributed by atoms with van der Waals surface area (Å²) in [4.78, 5) is 11.9. The molecule has 0 fully saturated rings. The topological polar surface area (TPSA) is 37.3 Å². The number of hydrogen-bond acceptors (Lipinski definition) is 2. The maximum atomic E-state index is 10.9. The van der Waals surface area contributed by atoms with Gasteiger partial charge in [-0.2, -0.15) is 0 Å². The molecule has 0 aliphatic heterocycles. The summed E-state index contributed by atoms with van der Waals surface area (Å²) in [7, 11) is 0. The zero-order valence-corrected chi connectivity index (χ0v) is 10.00. The van der Waals surface area contributed by atoms with Gasteiger partial charge in [0.15, 0.2) is 0 Å². The zero-order valence-electron chi connectivity index (χ0n) is 8.43. The van der Waals surface area contributed by atoms with Gasteiger partial charge < -0.3 is 5.11 Å². The normalized spacial score (nSPS) is 10.9. The largest absolute Gasteiger partial charge is 0.478 e. The van der Waals surface area contributed by atoms with Gasteiger partial charge >= 0.3 is 5.97 Å². The molecule has 0 atom stereocenters. The molecule has 1 aromatic rings. The maximum absolute atomic E-state index is 10.9. The summed E-state index contributed by atoms with van der Waals surface area (Å²) in [6.45, 7) is 6.03. The monoisotopic (exact) mass is 232 g/mol. The molecule has 78 valence electrons. The minimum absolute atomic E-state index is 0.271. The van der Waals surface area contributed by atoms with Gasteiger partial charge in [0.1, 0.15) is 4.34 Å². The third-order valence-electron chi connectivity index (χ3n) is 2.01. The molecule has 0 spiro atoms. The molecular weight excluding hydrogens is 220 g/mol. The molecule has 0 unspecified atom stereocenters. The van der Waals surface area contributed by atoms with E-state index in [9.17, 15) is 4.79 Å². The third-order valence-corrected chi connectivity index (χ3v) is 3.53. The Balaban J connectivity index is 3.10. The van der Waals surface area contributed by atoms with Crippen LogP contribution in [0.2, 0.25) is 4.34 Å². The summed E-state index contributed by atoms with van der Waals surface area (Å²) < 4.78 is 0.394. The number of hydrogen-bond donors (Lipinski definition) is 1. The summed E-state index contributed by atoms with van der Waals surface area (Å²) >= 11 is 7.25. The summed E-state index contributed by atoms with van der Waals surface area (Å²) in [5.41, 5.74) is 1.09. The van der Waals surface area contributed by atoms with Gasteiger partial charge in [0.05, 0.1) is 5.56 Å². The van der Waals surface area contributed by atoms with Crippen molar-refractivity contribution in [2.45, 2.75) is 27.2 Å².